The Kier molecular flexibility index (Phi) is 4.09. The SMILES string of the molecule is CCCn1nccc1-c1nc(Cl)nc(OCC)n1. The van der Waals surface area contributed by atoms with Gasteiger partial charge in [-0.15, -0.1) is 0 Å². The Morgan fingerprint density at radius 3 is 2.83 bits per heavy atom. The van der Waals surface area contributed by atoms with E-state index in [9.17, 15) is 0 Å². The van der Waals surface area contributed by atoms with Crippen LogP contribution in [0.1, 0.15) is 20.3 Å². The van der Waals surface area contributed by atoms with Crippen LogP contribution in [0.2, 0.25) is 5.28 Å². The maximum atomic E-state index is 5.86. The lowest BCUT2D eigenvalue weighted by atomic mass is 10.4. The Bertz CT molecular complexity index is 528. The summed E-state index contributed by atoms with van der Waals surface area (Å²) in [7, 11) is 0. The highest BCUT2D eigenvalue weighted by atomic mass is 35.5. The topological polar surface area (TPSA) is 65.7 Å². The lowest BCUT2D eigenvalue weighted by Crippen LogP contribution is -2.06. The van der Waals surface area contributed by atoms with Gasteiger partial charge in [0.15, 0.2) is 5.82 Å². The van der Waals surface area contributed by atoms with E-state index >= 15 is 0 Å². The average molecular weight is 268 g/mol. The number of aryl methyl sites for hydroxylation is 1. The molecule has 2 rings (SSSR count). The van der Waals surface area contributed by atoms with Gasteiger partial charge in [0.1, 0.15) is 5.69 Å². The maximum absolute atomic E-state index is 5.86. The van der Waals surface area contributed by atoms with Gasteiger partial charge >= 0.3 is 6.01 Å². The normalized spacial score (nSPS) is 10.6. The van der Waals surface area contributed by atoms with Crippen LogP contribution >= 0.6 is 11.6 Å². The van der Waals surface area contributed by atoms with Crippen molar-refractivity contribution in [1.82, 2.24) is 24.7 Å². The summed E-state index contributed by atoms with van der Waals surface area (Å²) in [5.41, 5.74) is 0.808. The molecule has 0 bridgehead atoms. The molecular weight excluding hydrogens is 254 g/mol. The van der Waals surface area contributed by atoms with E-state index in [1.807, 2.05) is 17.7 Å². The van der Waals surface area contributed by atoms with Crippen LogP contribution in [0.4, 0.5) is 0 Å². The molecular formula is C11H14ClN5O. The number of nitrogens with zero attached hydrogens (tertiary/aromatic N) is 5. The molecule has 0 saturated carbocycles. The monoisotopic (exact) mass is 267 g/mol. The van der Waals surface area contributed by atoms with Gasteiger partial charge in [-0.3, -0.25) is 4.68 Å². The maximum Gasteiger partial charge on any atom is 0.321 e. The van der Waals surface area contributed by atoms with E-state index in [2.05, 4.69) is 27.0 Å². The molecule has 0 aromatic carbocycles. The summed E-state index contributed by atoms with van der Waals surface area (Å²) in [6.07, 6.45) is 2.69. The third-order valence-electron chi connectivity index (χ3n) is 2.24. The van der Waals surface area contributed by atoms with E-state index < -0.39 is 0 Å². The Balaban J connectivity index is 2.39. The third-order valence-corrected chi connectivity index (χ3v) is 2.41. The van der Waals surface area contributed by atoms with Gasteiger partial charge in [0.2, 0.25) is 5.28 Å². The molecule has 2 aromatic rings. The molecule has 0 radical (unpaired) electrons. The van der Waals surface area contributed by atoms with Crippen molar-refractivity contribution in [3.05, 3.63) is 17.5 Å². The highest BCUT2D eigenvalue weighted by Crippen LogP contribution is 2.18. The molecule has 2 aromatic heterocycles. The largest absolute Gasteiger partial charge is 0.464 e. The van der Waals surface area contributed by atoms with Crippen LogP contribution in [-0.2, 0) is 6.54 Å². The van der Waals surface area contributed by atoms with E-state index in [-0.39, 0.29) is 11.3 Å². The van der Waals surface area contributed by atoms with Crippen molar-refractivity contribution in [2.45, 2.75) is 26.8 Å². The van der Waals surface area contributed by atoms with Gasteiger partial charge in [0.05, 0.1) is 6.61 Å². The van der Waals surface area contributed by atoms with Gasteiger partial charge in [-0.2, -0.15) is 20.1 Å². The van der Waals surface area contributed by atoms with Gasteiger partial charge in [-0.05, 0) is 31.0 Å². The number of halogens is 1. The van der Waals surface area contributed by atoms with Crippen LogP contribution in [0.25, 0.3) is 11.5 Å². The van der Waals surface area contributed by atoms with Crippen LogP contribution in [0, 0.1) is 0 Å². The molecule has 2 heterocycles. The van der Waals surface area contributed by atoms with E-state index in [1.165, 1.54) is 0 Å². The van der Waals surface area contributed by atoms with Gasteiger partial charge in [0, 0.05) is 12.7 Å². The predicted octanol–water partition coefficient (Wildman–Crippen LogP) is 2.20. The standard InChI is InChI=1S/C11H14ClN5O/c1-3-7-17-8(5-6-13-17)9-14-10(12)16-11(15-9)18-4-2/h5-6H,3-4,7H2,1-2H3. The van der Waals surface area contributed by atoms with Crippen LogP contribution in [0.5, 0.6) is 6.01 Å². The Morgan fingerprint density at radius 2 is 2.11 bits per heavy atom. The fraction of sp³-hybridized carbons (Fsp3) is 0.455. The summed E-state index contributed by atoms with van der Waals surface area (Å²) in [5, 5.41) is 4.34. The van der Waals surface area contributed by atoms with Crippen LogP contribution in [0.3, 0.4) is 0 Å². The molecule has 96 valence electrons. The molecule has 0 aliphatic rings. The van der Waals surface area contributed by atoms with E-state index in [0.29, 0.717) is 12.4 Å². The minimum absolute atomic E-state index is 0.118. The number of ether oxygens (including phenoxy) is 1. The van der Waals surface area contributed by atoms with Crippen molar-refractivity contribution < 1.29 is 4.74 Å². The Labute approximate surface area is 110 Å². The van der Waals surface area contributed by atoms with Crippen molar-refractivity contribution in [3.8, 4) is 17.5 Å². The zero-order valence-corrected chi connectivity index (χ0v) is 11.1. The molecule has 18 heavy (non-hydrogen) atoms. The molecule has 6 nitrogen and oxygen atoms in total. The minimum atomic E-state index is 0.118. The van der Waals surface area contributed by atoms with Crippen LogP contribution in [0.15, 0.2) is 12.3 Å². The fourth-order valence-electron chi connectivity index (χ4n) is 1.55. The number of aromatic nitrogens is 5. The van der Waals surface area contributed by atoms with E-state index in [4.69, 9.17) is 16.3 Å². The lowest BCUT2D eigenvalue weighted by Gasteiger charge is -2.06. The molecule has 0 N–H and O–H groups in total. The second-order valence-electron chi connectivity index (χ2n) is 3.58. The van der Waals surface area contributed by atoms with Gasteiger partial charge < -0.3 is 4.74 Å². The van der Waals surface area contributed by atoms with Gasteiger partial charge in [-0.1, -0.05) is 6.92 Å². The summed E-state index contributed by atoms with van der Waals surface area (Å²) in [6.45, 7) is 5.22. The first-order valence-corrected chi connectivity index (χ1v) is 6.19. The highest BCUT2D eigenvalue weighted by molar-refractivity contribution is 6.28. The Morgan fingerprint density at radius 1 is 1.28 bits per heavy atom. The van der Waals surface area contributed by atoms with Crippen molar-refractivity contribution in [2.24, 2.45) is 0 Å². The van der Waals surface area contributed by atoms with Crippen molar-refractivity contribution in [1.29, 1.82) is 0 Å². The molecule has 7 heteroatoms. The second-order valence-corrected chi connectivity index (χ2v) is 3.92. The number of hydrogen-bond donors (Lipinski definition) is 0. The summed E-state index contributed by atoms with van der Waals surface area (Å²) < 4.78 is 7.08. The fourth-order valence-corrected chi connectivity index (χ4v) is 1.71. The molecule has 0 atom stereocenters. The molecule has 0 fully saturated rings. The van der Waals surface area contributed by atoms with Crippen molar-refractivity contribution >= 4 is 11.6 Å². The first-order chi connectivity index (χ1) is 8.74. The first kappa shape index (κ1) is 12.8. The van der Waals surface area contributed by atoms with Gasteiger partial charge in [0.25, 0.3) is 0 Å². The van der Waals surface area contributed by atoms with Crippen LogP contribution < -0.4 is 4.74 Å². The van der Waals surface area contributed by atoms with E-state index in [0.717, 1.165) is 18.7 Å². The molecule has 0 unspecified atom stereocenters. The van der Waals surface area contributed by atoms with Crippen LogP contribution in [-0.4, -0.2) is 31.3 Å². The molecule has 0 saturated heterocycles. The minimum Gasteiger partial charge on any atom is -0.464 e. The molecule has 0 aliphatic carbocycles. The Hall–Kier alpha value is -1.69. The summed E-state index contributed by atoms with van der Waals surface area (Å²) >= 11 is 5.86. The van der Waals surface area contributed by atoms with Crippen molar-refractivity contribution in [2.75, 3.05) is 6.61 Å². The summed E-state index contributed by atoms with van der Waals surface area (Å²) in [6, 6.07) is 2.08. The van der Waals surface area contributed by atoms with Crippen molar-refractivity contribution in [3.63, 3.8) is 0 Å². The average Bonchev–Trinajstić information content (AvgIpc) is 2.77. The predicted molar refractivity (Wildman–Crippen MR) is 67.5 cm³/mol. The summed E-state index contributed by atoms with van der Waals surface area (Å²) in [4.78, 5) is 12.2. The zero-order chi connectivity index (χ0) is 13.0. The third kappa shape index (κ3) is 2.76. The van der Waals surface area contributed by atoms with Gasteiger partial charge in [-0.25, -0.2) is 0 Å². The molecule has 0 spiro atoms. The zero-order valence-electron chi connectivity index (χ0n) is 10.3. The summed E-state index contributed by atoms with van der Waals surface area (Å²) in [5.74, 6) is 0.476. The quantitative estimate of drug-likeness (QED) is 0.831. The highest BCUT2D eigenvalue weighted by Gasteiger charge is 2.12. The lowest BCUT2D eigenvalue weighted by molar-refractivity contribution is 0.311. The smallest absolute Gasteiger partial charge is 0.321 e. The second kappa shape index (κ2) is 5.77. The number of hydrogen-bond acceptors (Lipinski definition) is 5. The van der Waals surface area contributed by atoms with E-state index in [1.54, 1.807) is 6.20 Å². The molecule has 0 aliphatic heterocycles. The molecule has 0 amide bonds. The number of rotatable bonds is 5. The first-order valence-electron chi connectivity index (χ1n) is 5.81.